The van der Waals surface area contributed by atoms with Crippen LogP contribution in [0.5, 0.6) is 0 Å². The van der Waals surface area contributed by atoms with E-state index in [1.54, 1.807) is 4.90 Å². The first-order valence-corrected chi connectivity index (χ1v) is 20.7. The zero-order chi connectivity index (χ0) is 35.3. The Morgan fingerprint density at radius 1 is 0.562 bits per heavy atom. The van der Waals surface area contributed by atoms with Gasteiger partial charge in [0.2, 0.25) is 5.91 Å². The summed E-state index contributed by atoms with van der Waals surface area (Å²) in [6, 6.07) is 0. The second-order valence-electron chi connectivity index (χ2n) is 14.2. The average molecular weight is 681 g/mol. The van der Waals surface area contributed by atoms with Gasteiger partial charge < -0.3 is 24.1 Å². The first kappa shape index (κ1) is 46.5. The molecule has 0 atom stereocenters. The van der Waals surface area contributed by atoms with E-state index in [0.29, 0.717) is 19.3 Å². The number of rotatable bonds is 38. The molecule has 7 nitrogen and oxygen atoms in total. The SMILES string of the molecule is CCCCCCCCC(CCCCCCCC)OC(=O)CCCCCCCN(CCCCCCCC)CCCN(C)C(=O)COCC=O. The topological polar surface area (TPSA) is 76.2 Å². The van der Waals surface area contributed by atoms with E-state index >= 15 is 0 Å². The summed E-state index contributed by atoms with van der Waals surface area (Å²) in [4.78, 5) is 39.7. The van der Waals surface area contributed by atoms with Crippen LogP contribution in [0.2, 0.25) is 0 Å². The van der Waals surface area contributed by atoms with Gasteiger partial charge in [-0.05, 0) is 71.0 Å². The van der Waals surface area contributed by atoms with Crippen LogP contribution in [0, 0.1) is 0 Å². The fourth-order valence-electron chi connectivity index (χ4n) is 6.36. The molecule has 0 aromatic heterocycles. The Morgan fingerprint density at radius 2 is 1.00 bits per heavy atom. The van der Waals surface area contributed by atoms with E-state index in [4.69, 9.17) is 9.47 Å². The van der Waals surface area contributed by atoms with Crippen LogP contribution in [0.1, 0.15) is 194 Å². The summed E-state index contributed by atoms with van der Waals surface area (Å²) in [5, 5.41) is 0. The number of carbonyl (C=O) groups excluding carboxylic acids is 3. The molecular weight excluding hydrogens is 600 g/mol. The molecule has 0 aliphatic heterocycles. The maximum Gasteiger partial charge on any atom is 0.306 e. The van der Waals surface area contributed by atoms with Gasteiger partial charge in [-0.2, -0.15) is 0 Å². The third kappa shape index (κ3) is 31.8. The molecule has 0 aliphatic carbocycles. The number of amides is 1. The largest absolute Gasteiger partial charge is 0.462 e. The minimum Gasteiger partial charge on any atom is -0.462 e. The second kappa shape index (κ2) is 36.8. The molecule has 0 heterocycles. The van der Waals surface area contributed by atoms with Crippen LogP contribution in [0.4, 0.5) is 0 Å². The monoisotopic (exact) mass is 681 g/mol. The molecule has 0 saturated carbocycles. The van der Waals surface area contributed by atoms with Gasteiger partial charge in [0.1, 0.15) is 25.6 Å². The zero-order valence-electron chi connectivity index (χ0n) is 32.4. The molecular formula is C41H80N2O5. The molecule has 48 heavy (non-hydrogen) atoms. The number of hydrogen-bond donors (Lipinski definition) is 0. The lowest BCUT2D eigenvalue weighted by Crippen LogP contribution is -2.34. The minimum atomic E-state index is -0.0747. The molecule has 0 rings (SSSR count). The van der Waals surface area contributed by atoms with E-state index < -0.39 is 0 Å². The highest BCUT2D eigenvalue weighted by Crippen LogP contribution is 2.18. The standard InChI is InChI=1S/C41H80N2O5/c1-5-8-11-14-18-23-29-39(30-24-19-15-12-9-6-2)48-41(46)31-25-20-17-22-27-34-43(33-26-21-16-13-10-7-3)35-28-32-42(4)40(45)38-47-37-36-44/h36,39H,5-35,37-38H2,1-4H3. The predicted molar refractivity (Wildman–Crippen MR) is 203 cm³/mol. The lowest BCUT2D eigenvalue weighted by Gasteiger charge is -2.24. The molecule has 284 valence electrons. The van der Waals surface area contributed by atoms with Crippen molar-refractivity contribution in [2.45, 2.75) is 200 Å². The number of carbonyl (C=O) groups is 3. The fourth-order valence-corrected chi connectivity index (χ4v) is 6.36. The lowest BCUT2D eigenvalue weighted by atomic mass is 10.0. The molecule has 0 unspecified atom stereocenters. The van der Waals surface area contributed by atoms with Crippen LogP contribution in [0.3, 0.4) is 0 Å². The van der Waals surface area contributed by atoms with Crippen molar-refractivity contribution in [1.82, 2.24) is 9.80 Å². The van der Waals surface area contributed by atoms with Gasteiger partial charge in [0.25, 0.3) is 0 Å². The van der Waals surface area contributed by atoms with Crippen molar-refractivity contribution in [1.29, 1.82) is 0 Å². The van der Waals surface area contributed by atoms with E-state index in [-0.39, 0.29) is 31.2 Å². The normalized spacial score (nSPS) is 11.5. The summed E-state index contributed by atoms with van der Waals surface area (Å²) in [5.41, 5.74) is 0. The van der Waals surface area contributed by atoms with E-state index in [1.807, 2.05) is 7.05 Å². The maximum absolute atomic E-state index is 12.7. The maximum atomic E-state index is 12.7. The predicted octanol–water partition coefficient (Wildman–Crippen LogP) is 10.5. The highest BCUT2D eigenvalue weighted by Gasteiger charge is 2.15. The molecule has 0 bridgehead atoms. The molecule has 0 saturated heterocycles. The summed E-state index contributed by atoms with van der Waals surface area (Å²) in [6.45, 7) is 10.6. The number of ether oxygens (including phenoxy) is 2. The average Bonchev–Trinajstić information content (AvgIpc) is 3.08. The van der Waals surface area contributed by atoms with E-state index in [2.05, 4.69) is 25.7 Å². The van der Waals surface area contributed by atoms with Gasteiger partial charge in [-0.1, -0.05) is 136 Å². The summed E-state index contributed by atoms with van der Waals surface area (Å²) in [6.07, 6.45) is 33.0. The number of unbranched alkanes of at least 4 members (excludes halogenated alkanes) is 19. The van der Waals surface area contributed by atoms with Crippen LogP contribution >= 0.6 is 0 Å². The molecule has 0 N–H and O–H groups in total. The van der Waals surface area contributed by atoms with E-state index in [9.17, 15) is 14.4 Å². The lowest BCUT2D eigenvalue weighted by molar-refractivity contribution is -0.150. The number of likely N-dealkylation sites (N-methyl/N-ethyl adjacent to an activating group) is 1. The van der Waals surface area contributed by atoms with E-state index in [0.717, 1.165) is 58.2 Å². The Bertz CT molecular complexity index is 703. The Balaban J connectivity index is 4.41. The molecule has 0 aromatic carbocycles. The van der Waals surface area contributed by atoms with Gasteiger partial charge in [0.15, 0.2) is 0 Å². The number of nitrogens with zero attached hydrogens (tertiary/aromatic N) is 2. The molecule has 0 aliphatic rings. The minimum absolute atomic E-state index is 0.0147. The van der Waals surface area contributed by atoms with Crippen molar-refractivity contribution >= 4 is 18.2 Å². The third-order valence-corrected chi connectivity index (χ3v) is 9.55. The Kier molecular flexibility index (Phi) is 35.7. The van der Waals surface area contributed by atoms with Crippen molar-refractivity contribution in [2.75, 3.05) is 46.4 Å². The summed E-state index contributed by atoms with van der Waals surface area (Å²) < 4.78 is 11.1. The van der Waals surface area contributed by atoms with Gasteiger partial charge in [0, 0.05) is 20.0 Å². The molecule has 1 amide bonds. The molecule has 0 radical (unpaired) electrons. The highest BCUT2D eigenvalue weighted by molar-refractivity contribution is 5.77. The number of esters is 1. The fraction of sp³-hybridized carbons (Fsp3) is 0.927. The summed E-state index contributed by atoms with van der Waals surface area (Å²) in [7, 11) is 1.81. The van der Waals surface area contributed by atoms with Crippen molar-refractivity contribution in [3.05, 3.63) is 0 Å². The number of aldehydes is 1. The van der Waals surface area contributed by atoms with Gasteiger partial charge >= 0.3 is 5.97 Å². The second-order valence-corrected chi connectivity index (χ2v) is 14.2. The van der Waals surface area contributed by atoms with Crippen LogP contribution in [0.15, 0.2) is 0 Å². The molecule has 0 aromatic rings. The Labute approximate surface area is 298 Å². The summed E-state index contributed by atoms with van der Waals surface area (Å²) in [5.74, 6) is -0.0600. The first-order valence-electron chi connectivity index (χ1n) is 20.7. The van der Waals surface area contributed by atoms with Gasteiger partial charge in [0.05, 0.1) is 0 Å². The Morgan fingerprint density at radius 3 is 1.50 bits per heavy atom. The highest BCUT2D eigenvalue weighted by atomic mass is 16.5. The van der Waals surface area contributed by atoms with Crippen molar-refractivity contribution < 1.29 is 23.9 Å². The molecule has 0 fully saturated rings. The van der Waals surface area contributed by atoms with Crippen LogP contribution in [-0.4, -0.2) is 80.5 Å². The van der Waals surface area contributed by atoms with E-state index in [1.165, 1.54) is 128 Å². The Hall–Kier alpha value is -1.47. The van der Waals surface area contributed by atoms with Crippen molar-refractivity contribution in [3.63, 3.8) is 0 Å². The van der Waals surface area contributed by atoms with Crippen molar-refractivity contribution in [3.8, 4) is 0 Å². The quantitative estimate of drug-likeness (QED) is 0.0367. The molecule has 0 spiro atoms. The van der Waals surface area contributed by atoms with Crippen LogP contribution in [0.25, 0.3) is 0 Å². The number of hydrogen-bond acceptors (Lipinski definition) is 6. The third-order valence-electron chi connectivity index (χ3n) is 9.55. The smallest absolute Gasteiger partial charge is 0.306 e. The van der Waals surface area contributed by atoms with Crippen molar-refractivity contribution in [2.24, 2.45) is 0 Å². The summed E-state index contributed by atoms with van der Waals surface area (Å²) >= 11 is 0. The first-order chi connectivity index (χ1) is 23.5. The van der Waals surface area contributed by atoms with Crippen LogP contribution in [-0.2, 0) is 23.9 Å². The molecule has 7 heteroatoms. The zero-order valence-corrected chi connectivity index (χ0v) is 32.4. The van der Waals surface area contributed by atoms with Gasteiger partial charge in [-0.15, -0.1) is 0 Å². The van der Waals surface area contributed by atoms with Gasteiger partial charge in [-0.3, -0.25) is 9.59 Å². The van der Waals surface area contributed by atoms with Gasteiger partial charge in [-0.25, -0.2) is 0 Å². The van der Waals surface area contributed by atoms with Crippen LogP contribution < -0.4 is 0 Å².